The zero-order chi connectivity index (χ0) is 11.0. The van der Waals surface area contributed by atoms with Crippen molar-refractivity contribution in [1.29, 1.82) is 0 Å². The number of rotatable bonds is 1. The molecule has 82 valence electrons. The molecule has 1 heteroatoms. The highest BCUT2D eigenvalue weighted by atomic mass is 14.9. The maximum absolute atomic E-state index is 2.37. The molecule has 1 aliphatic rings. The van der Waals surface area contributed by atoms with Gasteiger partial charge in [0.2, 0.25) is 0 Å². The van der Waals surface area contributed by atoms with Crippen LogP contribution in [0.15, 0.2) is 42.5 Å². The first-order valence-corrected chi connectivity index (χ1v) is 6.07. The lowest BCUT2D eigenvalue weighted by atomic mass is 9.93. The summed E-state index contributed by atoms with van der Waals surface area (Å²) in [4.78, 5) is 0. The zero-order valence-corrected chi connectivity index (χ0v) is 9.69. The molecule has 1 atom stereocenters. The van der Waals surface area contributed by atoms with Crippen molar-refractivity contribution in [2.24, 2.45) is 7.05 Å². The fourth-order valence-corrected chi connectivity index (χ4v) is 2.72. The number of aromatic nitrogens is 1. The van der Waals surface area contributed by atoms with Crippen LogP contribution in [0.5, 0.6) is 0 Å². The van der Waals surface area contributed by atoms with E-state index < -0.39 is 0 Å². The molecule has 1 nitrogen and oxygen atoms in total. The van der Waals surface area contributed by atoms with Crippen LogP contribution in [0.4, 0.5) is 0 Å². The Labute approximate surface area is 96.4 Å². The van der Waals surface area contributed by atoms with Gasteiger partial charge >= 0.3 is 0 Å². The molecule has 0 aliphatic heterocycles. The molecular weight excluding hydrogens is 194 g/mol. The number of fused-ring (bicyclic) bond motifs is 1. The quantitative estimate of drug-likeness (QED) is 0.628. The van der Waals surface area contributed by atoms with Gasteiger partial charge in [-0.3, -0.25) is 0 Å². The molecule has 0 amide bonds. The summed E-state index contributed by atoms with van der Waals surface area (Å²) in [6.45, 7) is 0. The topological polar surface area (TPSA) is 4.93 Å². The van der Waals surface area contributed by atoms with Crippen LogP contribution in [0.25, 0.3) is 10.9 Å². The molecule has 2 aromatic rings. The summed E-state index contributed by atoms with van der Waals surface area (Å²) in [5.41, 5.74) is 2.80. The standard InChI is InChI=1S/C15H17N/c1-16-14-10-6-5-9-13(14)11-15(16)12-7-3-2-4-8-12/h3,5-7,9-12H,2,4,8H2,1H3. The van der Waals surface area contributed by atoms with Crippen LogP contribution >= 0.6 is 0 Å². The van der Waals surface area contributed by atoms with Gasteiger partial charge in [-0.05, 0) is 36.8 Å². The van der Waals surface area contributed by atoms with E-state index in [1.165, 1.54) is 35.9 Å². The molecule has 0 fully saturated rings. The Morgan fingerprint density at radius 2 is 2.12 bits per heavy atom. The summed E-state index contributed by atoms with van der Waals surface area (Å²) in [6.07, 6.45) is 8.56. The van der Waals surface area contributed by atoms with Gasteiger partial charge in [0.1, 0.15) is 0 Å². The van der Waals surface area contributed by atoms with Gasteiger partial charge in [-0.1, -0.05) is 30.4 Å². The highest BCUT2D eigenvalue weighted by Crippen LogP contribution is 2.31. The van der Waals surface area contributed by atoms with Crippen LogP contribution in [-0.2, 0) is 7.05 Å². The summed E-state index contributed by atoms with van der Waals surface area (Å²) < 4.78 is 2.34. The first kappa shape index (κ1) is 9.71. The number of nitrogens with zero attached hydrogens (tertiary/aromatic N) is 1. The minimum Gasteiger partial charge on any atom is -0.347 e. The normalized spacial score (nSPS) is 20.4. The zero-order valence-electron chi connectivity index (χ0n) is 9.69. The second kappa shape index (κ2) is 3.82. The molecule has 1 aromatic carbocycles. The second-order valence-corrected chi connectivity index (χ2v) is 4.65. The SMILES string of the molecule is Cn1c(C2C=CCCC2)cc2ccccc21. The maximum atomic E-state index is 2.37. The van der Waals surface area contributed by atoms with E-state index in [0.29, 0.717) is 5.92 Å². The minimum atomic E-state index is 0.617. The predicted molar refractivity (Wildman–Crippen MR) is 68.7 cm³/mol. The first-order chi connectivity index (χ1) is 7.86. The van der Waals surface area contributed by atoms with E-state index in [0.717, 1.165) is 0 Å². The lowest BCUT2D eigenvalue weighted by Crippen LogP contribution is -2.04. The molecule has 1 aliphatic carbocycles. The van der Waals surface area contributed by atoms with Crippen molar-refractivity contribution in [2.45, 2.75) is 25.2 Å². The number of hydrogen-bond acceptors (Lipinski definition) is 0. The van der Waals surface area contributed by atoms with Crippen LogP contribution in [0, 0.1) is 0 Å². The molecule has 0 N–H and O–H groups in total. The Balaban J connectivity index is 2.13. The van der Waals surface area contributed by atoms with Crippen LogP contribution in [-0.4, -0.2) is 4.57 Å². The molecule has 0 bridgehead atoms. The maximum Gasteiger partial charge on any atom is 0.0480 e. The number of aryl methyl sites for hydroxylation is 1. The molecule has 0 saturated carbocycles. The van der Waals surface area contributed by atoms with Gasteiger partial charge in [0, 0.05) is 24.2 Å². The van der Waals surface area contributed by atoms with Crippen molar-refractivity contribution >= 4 is 10.9 Å². The van der Waals surface area contributed by atoms with E-state index >= 15 is 0 Å². The largest absolute Gasteiger partial charge is 0.347 e. The number of para-hydroxylation sites is 1. The third kappa shape index (κ3) is 1.47. The van der Waals surface area contributed by atoms with Gasteiger partial charge in [-0.25, -0.2) is 0 Å². The summed E-state index contributed by atoms with van der Waals surface area (Å²) >= 11 is 0. The molecular formula is C15H17N. The van der Waals surface area contributed by atoms with Crippen molar-refractivity contribution in [3.05, 3.63) is 48.2 Å². The number of allylic oxidation sites excluding steroid dienone is 2. The molecule has 0 saturated heterocycles. The van der Waals surface area contributed by atoms with E-state index in [9.17, 15) is 0 Å². The Morgan fingerprint density at radius 3 is 2.88 bits per heavy atom. The minimum absolute atomic E-state index is 0.617. The van der Waals surface area contributed by atoms with Crippen LogP contribution in [0.3, 0.4) is 0 Å². The Kier molecular flexibility index (Phi) is 2.32. The average molecular weight is 211 g/mol. The highest BCUT2D eigenvalue weighted by Gasteiger charge is 2.15. The third-order valence-electron chi connectivity index (χ3n) is 3.62. The molecule has 3 rings (SSSR count). The molecule has 1 unspecified atom stereocenters. The lowest BCUT2D eigenvalue weighted by molar-refractivity contribution is 0.624. The van der Waals surface area contributed by atoms with Crippen molar-refractivity contribution < 1.29 is 0 Å². The summed E-state index contributed by atoms with van der Waals surface area (Å²) in [5, 5.41) is 1.36. The van der Waals surface area contributed by atoms with Gasteiger partial charge < -0.3 is 4.57 Å². The number of hydrogen-bond donors (Lipinski definition) is 0. The highest BCUT2D eigenvalue weighted by molar-refractivity contribution is 5.81. The fraction of sp³-hybridized carbons (Fsp3) is 0.333. The monoisotopic (exact) mass is 211 g/mol. The third-order valence-corrected chi connectivity index (χ3v) is 3.62. The van der Waals surface area contributed by atoms with E-state index in [4.69, 9.17) is 0 Å². The van der Waals surface area contributed by atoms with Gasteiger partial charge in [0.15, 0.2) is 0 Å². The molecule has 0 spiro atoms. The lowest BCUT2D eigenvalue weighted by Gasteiger charge is -2.17. The fourth-order valence-electron chi connectivity index (χ4n) is 2.72. The van der Waals surface area contributed by atoms with Crippen molar-refractivity contribution in [1.82, 2.24) is 4.57 Å². The van der Waals surface area contributed by atoms with E-state index in [1.54, 1.807) is 0 Å². The van der Waals surface area contributed by atoms with Crippen LogP contribution in [0.1, 0.15) is 30.9 Å². The predicted octanol–water partition coefficient (Wildman–Crippen LogP) is 4.00. The molecule has 0 radical (unpaired) electrons. The van der Waals surface area contributed by atoms with Crippen molar-refractivity contribution in [2.75, 3.05) is 0 Å². The van der Waals surface area contributed by atoms with E-state index in [1.807, 2.05) is 0 Å². The Bertz CT molecular complexity index is 533. The van der Waals surface area contributed by atoms with Gasteiger partial charge in [0.25, 0.3) is 0 Å². The van der Waals surface area contributed by atoms with Crippen LogP contribution in [0.2, 0.25) is 0 Å². The van der Waals surface area contributed by atoms with Gasteiger partial charge in [-0.15, -0.1) is 0 Å². The van der Waals surface area contributed by atoms with Crippen LogP contribution < -0.4 is 0 Å². The van der Waals surface area contributed by atoms with Crippen molar-refractivity contribution in [3.63, 3.8) is 0 Å². The number of benzene rings is 1. The summed E-state index contributed by atoms with van der Waals surface area (Å²) in [6, 6.07) is 11.0. The molecule has 1 aromatic heterocycles. The van der Waals surface area contributed by atoms with Gasteiger partial charge in [-0.2, -0.15) is 0 Å². The smallest absolute Gasteiger partial charge is 0.0480 e. The Morgan fingerprint density at radius 1 is 1.25 bits per heavy atom. The molecule has 16 heavy (non-hydrogen) atoms. The van der Waals surface area contributed by atoms with E-state index in [-0.39, 0.29) is 0 Å². The van der Waals surface area contributed by atoms with E-state index in [2.05, 4.69) is 54.1 Å². The van der Waals surface area contributed by atoms with Gasteiger partial charge in [0.05, 0.1) is 0 Å². The molecule has 1 heterocycles. The summed E-state index contributed by atoms with van der Waals surface area (Å²) in [5.74, 6) is 0.617. The average Bonchev–Trinajstić information content (AvgIpc) is 2.69. The first-order valence-electron chi connectivity index (χ1n) is 6.07. The van der Waals surface area contributed by atoms with Crippen molar-refractivity contribution in [3.8, 4) is 0 Å². The summed E-state index contributed by atoms with van der Waals surface area (Å²) in [7, 11) is 2.18. The Hall–Kier alpha value is -1.50. The second-order valence-electron chi connectivity index (χ2n) is 4.65.